The largest absolute Gasteiger partial charge is 0.462 e. The Hall–Kier alpha value is -2.69. The van der Waals surface area contributed by atoms with Gasteiger partial charge >= 0.3 is 5.97 Å². The molecule has 0 aliphatic rings. The molecule has 0 aliphatic heterocycles. The lowest BCUT2D eigenvalue weighted by Gasteiger charge is -2.07. The molecule has 1 heterocycles. The van der Waals surface area contributed by atoms with Gasteiger partial charge in [0.2, 0.25) is 0 Å². The predicted octanol–water partition coefficient (Wildman–Crippen LogP) is 4.39. The van der Waals surface area contributed by atoms with Gasteiger partial charge in [0, 0.05) is 17.6 Å². The predicted molar refractivity (Wildman–Crippen MR) is 83.9 cm³/mol. The van der Waals surface area contributed by atoms with Gasteiger partial charge in [-0.2, -0.15) is 0 Å². The quantitative estimate of drug-likeness (QED) is 0.671. The van der Waals surface area contributed by atoms with Gasteiger partial charge in [0.1, 0.15) is 11.6 Å². The maximum atomic E-state index is 13.5. The molecular formula is C18H15F2NO2. The minimum atomic E-state index is -0.636. The molecule has 0 radical (unpaired) electrons. The van der Waals surface area contributed by atoms with Gasteiger partial charge in [0.15, 0.2) is 0 Å². The minimum Gasteiger partial charge on any atom is -0.462 e. The summed E-state index contributed by atoms with van der Waals surface area (Å²) in [5, 5.41) is 0.834. The summed E-state index contributed by atoms with van der Waals surface area (Å²) in [4.78, 5) is 11.8. The number of halogens is 2. The Balaban J connectivity index is 2.15. The van der Waals surface area contributed by atoms with Gasteiger partial charge in [-0.3, -0.25) is 0 Å². The van der Waals surface area contributed by atoms with E-state index in [2.05, 4.69) is 0 Å². The van der Waals surface area contributed by atoms with Gasteiger partial charge in [-0.1, -0.05) is 0 Å². The third-order valence-electron chi connectivity index (χ3n) is 3.64. The van der Waals surface area contributed by atoms with Crippen LogP contribution in [0.1, 0.15) is 22.8 Å². The number of carbonyl (C=O) groups is 1. The molecule has 0 saturated heterocycles. The van der Waals surface area contributed by atoms with Crippen molar-refractivity contribution >= 4 is 16.9 Å². The number of rotatable bonds is 3. The van der Waals surface area contributed by atoms with E-state index in [9.17, 15) is 13.6 Å². The maximum Gasteiger partial charge on any atom is 0.338 e. The molecule has 0 unspecified atom stereocenters. The third-order valence-corrected chi connectivity index (χ3v) is 3.64. The van der Waals surface area contributed by atoms with E-state index in [0.717, 1.165) is 22.5 Å². The molecule has 0 spiro atoms. The number of fused-ring (bicyclic) bond motifs is 1. The number of ether oxygens (including phenoxy) is 1. The number of aromatic nitrogens is 1. The van der Waals surface area contributed by atoms with Gasteiger partial charge in [-0.05, 0) is 49.7 Å². The Bertz CT molecular complexity index is 879. The lowest BCUT2D eigenvalue weighted by molar-refractivity contribution is 0.0526. The maximum absolute atomic E-state index is 13.5. The SMILES string of the molecule is CCOC(=O)c1ccc2c(c1)c(C)cn2-c1cc(F)cc(F)c1. The second-order valence-electron chi connectivity index (χ2n) is 5.26. The van der Waals surface area contributed by atoms with E-state index in [0.29, 0.717) is 17.9 Å². The highest BCUT2D eigenvalue weighted by molar-refractivity contribution is 5.96. The number of hydrogen-bond acceptors (Lipinski definition) is 2. The van der Waals surface area contributed by atoms with E-state index in [1.54, 1.807) is 35.9 Å². The monoisotopic (exact) mass is 315 g/mol. The molecule has 0 bridgehead atoms. The molecule has 0 fully saturated rings. The normalized spacial score (nSPS) is 11.0. The standard InChI is InChI=1S/C18H15F2NO2/c1-3-23-18(22)12-4-5-17-16(6-12)11(2)10-21(17)15-8-13(19)7-14(20)9-15/h4-10H,3H2,1-2H3. The van der Waals surface area contributed by atoms with Crippen LogP contribution in [0.5, 0.6) is 0 Å². The Morgan fingerprint density at radius 1 is 1.13 bits per heavy atom. The number of nitrogens with zero attached hydrogens (tertiary/aromatic N) is 1. The zero-order valence-electron chi connectivity index (χ0n) is 12.8. The van der Waals surface area contributed by atoms with Crippen molar-refractivity contribution in [3.63, 3.8) is 0 Å². The second kappa shape index (κ2) is 5.83. The zero-order valence-corrected chi connectivity index (χ0v) is 12.8. The smallest absolute Gasteiger partial charge is 0.338 e. The van der Waals surface area contributed by atoms with Crippen LogP contribution in [0, 0.1) is 18.6 Å². The fraction of sp³-hybridized carbons (Fsp3) is 0.167. The van der Waals surface area contributed by atoms with Crippen molar-refractivity contribution in [1.82, 2.24) is 4.57 Å². The minimum absolute atomic E-state index is 0.305. The molecule has 5 heteroatoms. The lowest BCUT2D eigenvalue weighted by atomic mass is 10.1. The topological polar surface area (TPSA) is 31.2 Å². The van der Waals surface area contributed by atoms with Gasteiger partial charge in [0.25, 0.3) is 0 Å². The first-order chi connectivity index (χ1) is 11.0. The summed E-state index contributed by atoms with van der Waals surface area (Å²) in [6.07, 6.45) is 1.79. The molecule has 2 aromatic carbocycles. The van der Waals surface area contributed by atoms with Crippen molar-refractivity contribution in [2.45, 2.75) is 13.8 Å². The third kappa shape index (κ3) is 2.82. The summed E-state index contributed by atoms with van der Waals surface area (Å²) in [7, 11) is 0. The van der Waals surface area contributed by atoms with E-state index in [-0.39, 0.29) is 0 Å². The van der Waals surface area contributed by atoms with Crippen LogP contribution >= 0.6 is 0 Å². The highest BCUT2D eigenvalue weighted by atomic mass is 19.1. The Morgan fingerprint density at radius 3 is 2.48 bits per heavy atom. The fourth-order valence-electron chi connectivity index (χ4n) is 2.63. The van der Waals surface area contributed by atoms with Crippen LogP contribution in [-0.4, -0.2) is 17.1 Å². The van der Waals surface area contributed by atoms with E-state index < -0.39 is 17.6 Å². The van der Waals surface area contributed by atoms with E-state index in [1.807, 2.05) is 6.92 Å². The van der Waals surface area contributed by atoms with E-state index in [1.165, 1.54) is 12.1 Å². The van der Waals surface area contributed by atoms with Crippen LogP contribution < -0.4 is 0 Å². The number of carbonyl (C=O) groups excluding carboxylic acids is 1. The van der Waals surface area contributed by atoms with Crippen LogP contribution in [0.25, 0.3) is 16.6 Å². The van der Waals surface area contributed by atoms with Crippen molar-refractivity contribution in [2.75, 3.05) is 6.61 Å². The first-order valence-electron chi connectivity index (χ1n) is 7.25. The van der Waals surface area contributed by atoms with Gasteiger partial charge < -0.3 is 9.30 Å². The van der Waals surface area contributed by atoms with E-state index in [4.69, 9.17) is 4.74 Å². The highest BCUT2D eigenvalue weighted by Gasteiger charge is 2.13. The average molecular weight is 315 g/mol. The molecule has 23 heavy (non-hydrogen) atoms. The van der Waals surface area contributed by atoms with Crippen LogP contribution in [-0.2, 0) is 4.74 Å². The molecule has 3 aromatic rings. The van der Waals surface area contributed by atoms with Crippen molar-refractivity contribution in [1.29, 1.82) is 0 Å². The molecule has 0 N–H and O–H groups in total. The Kier molecular flexibility index (Phi) is 3.86. The van der Waals surface area contributed by atoms with E-state index >= 15 is 0 Å². The first-order valence-corrected chi connectivity index (χ1v) is 7.25. The summed E-state index contributed by atoms with van der Waals surface area (Å²) in [5.41, 5.74) is 2.51. The van der Waals surface area contributed by atoms with Crippen LogP contribution in [0.4, 0.5) is 8.78 Å². The summed E-state index contributed by atoms with van der Waals surface area (Å²) >= 11 is 0. The van der Waals surface area contributed by atoms with Crippen LogP contribution in [0.3, 0.4) is 0 Å². The fourth-order valence-corrected chi connectivity index (χ4v) is 2.63. The molecule has 0 saturated carbocycles. The van der Waals surface area contributed by atoms with Gasteiger partial charge in [-0.15, -0.1) is 0 Å². The lowest BCUT2D eigenvalue weighted by Crippen LogP contribution is -2.04. The zero-order chi connectivity index (χ0) is 16.6. The highest BCUT2D eigenvalue weighted by Crippen LogP contribution is 2.26. The molecule has 0 atom stereocenters. The molecule has 0 aliphatic carbocycles. The van der Waals surface area contributed by atoms with Crippen molar-refractivity contribution in [3.8, 4) is 5.69 Å². The molecular weight excluding hydrogens is 300 g/mol. The molecule has 3 rings (SSSR count). The van der Waals surface area contributed by atoms with Gasteiger partial charge in [-0.25, -0.2) is 13.6 Å². The van der Waals surface area contributed by atoms with Crippen LogP contribution in [0.2, 0.25) is 0 Å². The van der Waals surface area contributed by atoms with Crippen molar-refractivity contribution in [2.24, 2.45) is 0 Å². The van der Waals surface area contributed by atoms with Crippen LogP contribution in [0.15, 0.2) is 42.6 Å². The number of esters is 1. The summed E-state index contributed by atoms with van der Waals surface area (Å²) in [5.74, 6) is -1.66. The average Bonchev–Trinajstić information content (AvgIpc) is 2.83. The summed E-state index contributed by atoms with van der Waals surface area (Å²) in [6.45, 7) is 3.93. The molecule has 1 aromatic heterocycles. The summed E-state index contributed by atoms with van der Waals surface area (Å²) < 4.78 is 33.6. The number of benzene rings is 2. The van der Waals surface area contributed by atoms with Crippen molar-refractivity contribution < 1.29 is 18.3 Å². The second-order valence-corrected chi connectivity index (χ2v) is 5.26. The molecule has 3 nitrogen and oxygen atoms in total. The molecule has 0 amide bonds. The molecule has 118 valence electrons. The number of aryl methyl sites for hydroxylation is 1. The van der Waals surface area contributed by atoms with Gasteiger partial charge in [0.05, 0.1) is 23.4 Å². The summed E-state index contributed by atoms with van der Waals surface area (Å²) in [6, 6.07) is 8.49. The number of hydrogen-bond donors (Lipinski definition) is 0. The Morgan fingerprint density at radius 2 is 1.83 bits per heavy atom. The first kappa shape index (κ1) is 15.2. The Labute approximate surface area is 132 Å². The van der Waals surface area contributed by atoms with Crippen molar-refractivity contribution in [3.05, 3.63) is 65.4 Å².